The van der Waals surface area contributed by atoms with Crippen molar-refractivity contribution in [3.8, 4) is 0 Å². The largest absolute Gasteiger partial charge is 0.391 e. The zero-order chi connectivity index (χ0) is 21.3. The van der Waals surface area contributed by atoms with E-state index in [4.69, 9.17) is 0 Å². The van der Waals surface area contributed by atoms with Gasteiger partial charge in [-0.05, 0) is 31.2 Å². The smallest absolute Gasteiger partial charge is 0.199 e. The van der Waals surface area contributed by atoms with Gasteiger partial charge in [0, 0.05) is 23.0 Å². The van der Waals surface area contributed by atoms with Gasteiger partial charge >= 0.3 is 0 Å². The molecule has 0 aliphatic heterocycles. The van der Waals surface area contributed by atoms with Gasteiger partial charge in [-0.3, -0.25) is 0 Å². The van der Waals surface area contributed by atoms with Gasteiger partial charge in [-0.25, -0.2) is 22.5 Å². The average molecular weight is 410 g/mol. The third kappa shape index (κ3) is 4.13. The third-order valence-electron chi connectivity index (χ3n) is 5.25. The van der Waals surface area contributed by atoms with Crippen molar-refractivity contribution in [2.24, 2.45) is 0 Å². The number of aliphatic hydroxyl groups excluding tert-OH is 1. The van der Waals surface area contributed by atoms with Crippen molar-refractivity contribution in [2.45, 2.75) is 6.92 Å². The molecule has 0 spiro atoms. The summed E-state index contributed by atoms with van der Waals surface area (Å²) in [6, 6.07) is 6.53. The lowest BCUT2D eigenvalue weighted by molar-refractivity contribution is -0.889. The van der Waals surface area contributed by atoms with Gasteiger partial charge in [0.25, 0.3) is 0 Å². The molecule has 3 rings (SSSR count). The maximum absolute atomic E-state index is 14.2. The maximum Gasteiger partial charge on any atom is 0.199 e. The summed E-state index contributed by atoms with van der Waals surface area (Å²) in [5.74, 6) is -6.65. The van der Waals surface area contributed by atoms with Gasteiger partial charge < -0.3 is 14.5 Å². The SMILES string of the molecule is CCN(CC[N+](C)(C)CCO)c1ccc2nc3c(F)c(F)c(F)c(F)c3cc2c1. The Bertz CT molecular complexity index is 1060. The molecule has 3 aromatic rings. The lowest BCUT2D eigenvalue weighted by atomic mass is 10.1. The minimum absolute atomic E-state index is 0.104. The van der Waals surface area contributed by atoms with E-state index in [0.29, 0.717) is 28.5 Å². The number of hydrogen-bond donors (Lipinski definition) is 1. The molecular formula is C21H24F4N3O+. The van der Waals surface area contributed by atoms with Crippen LogP contribution in [0, 0.1) is 23.3 Å². The molecule has 0 aliphatic rings. The van der Waals surface area contributed by atoms with Crippen LogP contribution < -0.4 is 4.90 Å². The Kier molecular flexibility index (Phi) is 5.95. The lowest BCUT2D eigenvalue weighted by Gasteiger charge is -2.32. The van der Waals surface area contributed by atoms with E-state index in [9.17, 15) is 22.7 Å². The normalized spacial score (nSPS) is 12.1. The van der Waals surface area contributed by atoms with Crippen LogP contribution >= 0.6 is 0 Å². The number of nitrogens with zero attached hydrogens (tertiary/aromatic N) is 3. The highest BCUT2D eigenvalue weighted by molar-refractivity contribution is 5.94. The Labute approximate surface area is 166 Å². The molecule has 0 atom stereocenters. The summed E-state index contributed by atoms with van der Waals surface area (Å²) in [6.45, 7) is 4.98. The lowest BCUT2D eigenvalue weighted by Crippen LogP contribution is -2.47. The van der Waals surface area contributed by atoms with Gasteiger partial charge in [0.1, 0.15) is 12.1 Å². The predicted octanol–water partition coefficient (Wildman–Crippen LogP) is 3.84. The number of aromatic nitrogens is 1. The third-order valence-corrected chi connectivity index (χ3v) is 5.25. The molecule has 0 bridgehead atoms. The molecule has 2 aromatic carbocycles. The first-order chi connectivity index (χ1) is 13.7. The zero-order valence-electron chi connectivity index (χ0n) is 16.6. The van der Waals surface area contributed by atoms with Crippen molar-refractivity contribution in [3.63, 3.8) is 0 Å². The Morgan fingerprint density at radius 1 is 0.966 bits per heavy atom. The fourth-order valence-corrected chi connectivity index (χ4v) is 3.35. The molecule has 0 amide bonds. The Hall–Kier alpha value is -2.45. The van der Waals surface area contributed by atoms with Crippen molar-refractivity contribution in [1.29, 1.82) is 0 Å². The second-order valence-electron chi connectivity index (χ2n) is 7.70. The molecule has 1 heterocycles. The van der Waals surface area contributed by atoms with Crippen LogP contribution in [-0.2, 0) is 0 Å². The Balaban J connectivity index is 2.01. The number of likely N-dealkylation sites (N-methyl/N-ethyl adjacent to an activating group) is 2. The Morgan fingerprint density at radius 3 is 2.31 bits per heavy atom. The minimum Gasteiger partial charge on any atom is -0.391 e. The number of pyridine rings is 1. The summed E-state index contributed by atoms with van der Waals surface area (Å²) >= 11 is 0. The first-order valence-corrected chi connectivity index (χ1v) is 9.42. The molecule has 156 valence electrons. The molecule has 29 heavy (non-hydrogen) atoms. The van der Waals surface area contributed by atoms with Crippen molar-refractivity contribution in [2.75, 3.05) is 51.8 Å². The molecule has 0 saturated carbocycles. The summed E-state index contributed by atoms with van der Waals surface area (Å²) in [6.07, 6.45) is 0. The number of hydrogen-bond acceptors (Lipinski definition) is 3. The zero-order valence-corrected chi connectivity index (χ0v) is 16.6. The number of benzene rings is 2. The second kappa shape index (κ2) is 8.12. The van der Waals surface area contributed by atoms with Gasteiger partial charge in [-0.15, -0.1) is 0 Å². The van der Waals surface area contributed by atoms with E-state index in [1.165, 1.54) is 6.07 Å². The van der Waals surface area contributed by atoms with E-state index < -0.39 is 34.2 Å². The topological polar surface area (TPSA) is 36.4 Å². The molecule has 8 heteroatoms. The maximum atomic E-state index is 14.2. The first-order valence-electron chi connectivity index (χ1n) is 9.42. The van der Waals surface area contributed by atoms with Crippen LogP contribution in [0.1, 0.15) is 6.92 Å². The number of anilines is 1. The first kappa shape index (κ1) is 21.3. The number of quaternary nitrogens is 1. The molecule has 0 fully saturated rings. The van der Waals surface area contributed by atoms with Crippen molar-refractivity contribution < 1.29 is 27.2 Å². The molecule has 1 aromatic heterocycles. The van der Waals surface area contributed by atoms with Crippen LogP contribution in [0.15, 0.2) is 24.3 Å². The predicted molar refractivity (Wildman–Crippen MR) is 106 cm³/mol. The highest BCUT2D eigenvalue weighted by atomic mass is 19.2. The van der Waals surface area contributed by atoms with E-state index in [0.717, 1.165) is 18.8 Å². The highest BCUT2D eigenvalue weighted by Gasteiger charge is 2.22. The second-order valence-corrected chi connectivity index (χ2v) is 7.70. The fraction of sp³-hybridized carbons (Fsp3) is 0.381. The summed E-state index contributed by atoms with van der Waals surface area (Å²) in [5, 5.41) is 9.29. The summed E-state index contributed by atoms with van der Waals surface area (Å²) in [5.41, 5.74) is 0.684. The number of rotatable bonds is 7. The fourth-order valence-electron chi connectivity index (χ4n) is 3.35. The summed E-state index contributed by atoms with van der Waals surface area (Å²) < 4.78 is 56.0. The average Bonchev–Trinajstić information content (AvgIpc) is 2.69. The molecule has 0 saturated heterocycles. The van der Waals surface area contributed by atoms with Crippen molar-refractivity contribution in [1.82, 2.24) is 4.98 Å². The molecule has 0 unspecified atom stereocenters. The molecule has 0 radical (unpaired) electrons. The van der Waals surface area contributed by atoms with Crippen molar-refractivity contribution in [3.05, 3.63) is 47.5 Å². The van der Waals surface area contributed by atoms with Gasteiger partial charge in [-0.1, -0.05) is 0 Å². The van der Waals surface area contributed by atoms with Crippen LogP contribution in [-0.4, -0.2) is 61.5 Å². The number of fused-ring (bicyclic) bond motifs is 2. The summed E-state index contributed by atoms with van der Waals surface area (Å²) in [7, 11) is 4.07. The molecular weight excluding hydrogens is 386 g/mol. The van der Waals surface area contributed by atoms with Crippen LogP contribution in [0.25, 0.3) is 21.8 Å². The quantitative estimate of drug-likeness (QED) is 0.211. The summed E-state index contributed by atoms with van der Waals surface area (Å²) in [4.78, 5) is 6.12. The number of aliphatic hydroxyl groups is 1. The standard InChI is InChI=1S/C21H24F4N3O/c1-4-27(7-8-28(2,3)9-10-29)14-5-6-16-13(11-14)12-15-17(22)18(23)19(24)20(25)21(15)26-16/h5-6,11-12,29H,4,7-10H2,1-3H3/q+1. The van der Waals surface area contributed by atoms with Crippen LogP contribution in [0.5, 0.6) is 0 Å². The van der Waals surface area contributed by atoms with Crippen LogP contribution in [0.4, 0.5) is 23.2 Å². The molecule has 0 aliphatic carbocycles. The van der Waals surface area contributed by atoms with E-state index in [-0.39, 0.29) is 6.61 Å². The van der Waals surface area contributed by atoms with Crippen LogP contribution in [0.2, 0.25) is 0 Å². The van der Waals surface area contributed by atoms with E-state index in [1.807, 2.05) is 27.1 Å². The highest BCUT2D eigenvalue weighted by Crippen LogP contribution is 2.30. The van der Waals surface area contributed by atoms with E-state index in [2.05, 4.69) is 9.88 Å². The molecule has 1 N–H and O–H groups in total. The Morgan fingerprint density at radius 2 is 1.66 bits per heavy atom. The monoisotopic (exact) mass is 410 g/mol. The van der Waals surface area contributed by atoms with Gasteiger partial charge in [0.05, 0.1) is 39.3 Å². The van der Waals surface area contributed by atoms with Crippen LogP contribution in [0.3, 0.4) is 0 Å². The minimum atomic E-state index is -1.86. The molecule has 4 nitrogen and oxygen atoms in total. The van der Waals surface area contributed by atoms with Gasteiger partial charge in [0.2, 0.25) is 0 Å². The van der Waals surface area contributed by atoms with Gasteiger partial charge in [-0.2, -0.15) is 0 Å². The van der Waals surface area contributed by atoms with E-state index >= 15 is 0 Å². The van der Waals surface area contributed by atoms with Gasteiger partial charge in [0.15, 0.2) is 23.3 Å². The van der Waals surface area contributed by atoms with E-state index in [1.54, 1.807) is 12.1 Å². The number of halogens is 4. The van der Waals surface area contributed by atoms with Crippen molar-refractivity contribution >= 4 is 27.5 Å².